The summed E-state index contributed by atoms with van der Waals surface area (Å²) < 4.78 is 5.71. The molecule has 0 spiro atoms. The van der Waals surface area contributed by atoms with Gasteiger partial charge in [-0.1, -0.05) is 37.5 Å². The van der Waals surface area contributed by atoms with Gasteiger partial charge in [0.25, 0.3) is 0 Å². The lowest BCUT2D eigenvalue weighted by molar-refractivity contribution is 0.164. The summed E-state index contributed by atoms with van der Waals surface area (Å²) in [5.41, 5.74) is 7.04. The van der Waals surface area contributed by atoms with Gasteiger partial charge in [0.1, 0.15) is 6.61 Å². The van der Waals surface area contributed by atoms with Crippen LogP contribution >= 0.6 is 0 Å². The number of para-hydroxylation sites is 1. The van der Waals surface area contributed by atoms with E-state index >= 15 is 0 Å². The highest BCUT2D eigenvalue weighted by Crippen LogP contribution is 2.26. The van der Waals surface area contributed by atoms with Gasteiger partial charge in [0, 0.05) is 11.6 Å². The summed E-state index contributed by atoms with van der Waals surface area (Å²) in [6, 6.07) is 8.32. The van der Waals surface area contributed by atoms with Crippen LogP contribution in [0.3, 0.4) is 0 Å². The standard InChI is InChI=1S/C15H19N3O/c16-15(8-4-1-5-9-15)11-19-14-17-10-12-6-2-3-7-13(12)18-14/h2-3,6-7,10H,1,4-5,8-9,11,16H2. The Hall–Kier alpha value is -1.68. The molecule has 1 heterocycles. The van der Waals surface area contributed by atoms with Crippen molar-refractivity contribution in [1.29, 1.82) is 0 Å². The minimum absolute atomic E-state index is 0.201. The van der Waals surface area contributed by atoms with Crippen LogP contribution in [0.1, 0.15) is 32.1 Å². The summed E-state index contributed by atoms with van der Waals surface area (Å²) in [6.45, 7) is 0.505. The molecule has 2 aromatic rings. The Morgan fingerprint density at radius 2 is 1.95 bits per heavy atom. The van der Waals surface area contributed by atoms with Crippen LogP contribution in [0, 0.1) is 0 Å². The van der Waals surface area contributed by atoms with Crippen molar-refractivity contribution in [3.63, 3.8) is 0 Å². The Kier molecular flexibility index (Phi) is 3.34. The Bertz CT molecular complexity index is 564. The maximum atomic E-state index is 6.34. The third kappa shape index (κ3) is 2.84. The second-order valence-corrected chi connectivity index (χ2v) is 5.42. The summed E-state index contributed by atoms with van der Waals surface area (Å²) in [6.07, 6.45) is 7.52. The Morgan fingerprint density at radius 3 is 2.79 bits per heavy atom. The van der Waals surface area contributed by atoms with Crippen LogP contribution in [0.5, 0.6) is 6.01 Å². The lowest BCUT2D eigenvalue weighted by atomic mass is 9.83. The molecule has 0 saturated heterocycles. The van der Waals surface area contributed by atoms with Crippen molar-refractivity contribution in [3.8, 4) is 6.01 Å². The predicted octanol–water partition coefficient (Wildman–Crippen LogP) is 2.67. The van der Waals surface area contributed by atoms with Crippen molar-refractivity contribution in [2.75, 3.05) is 6.61 Å². The molecule has 0 unspecified atom stereocenters. The smallest absolute Gasteiger partial charge is 0.316 e. The number of nitrogens with zero attached hydrogens (tertiary/aromatic N) is 2. The molecule has 3 rings (SSSR count). The molecule has 0 radical (unpaired) electrons. The summed E-state index contributed by atoms with van der Waals surface area (Å²) in [5.74, 6) is 0. The van der Waals surface area contributed by atoms with Crippen molar-refractivity contribution < 1.29 is 4.74 Å². The minimum atomic E-state index is -0.201. The van der Waals surface area contributed by atoms with Gasteiger partial charge in [-0.3, -0.25) is 0 Å². The molecular weight excluding hydrogens is 238 g/mol. The highest BCUT2D eigenvalue weighted by atomic mass is 16.5. The van der Waals surface area contributed by atoms with E-state index in [4.69, 9.17) is 10.5 Å². The Morgan fingerprint density at radius 1 is 1.16 bits per heavy atom. The molecule has 1 saturated carbocycles. The topological polar surface area (TPSA) is 61.0 Å². The van der Waals surface area contributed by atoms with Crippen LogP contribution in [-0.2, 0) is 0 Å². The number of hydrogen-bond donors (Lipinski definition) is 1. The molecule has 100 valence electrons. The van der Waals surface area contributed by atoms with Gasteiger partial charge in [-0.25, -0.2) is 4.98 Å². The fourth-order valence-electron chi connectivity index (χ4n) is 2.63. The molecular formula is C15H19N3O. The monoisotopic (exact) mass is 257 g/mol. The SMILES string of the molecule is NC1(COc2ncc3ccccc3n2)CCCCC1. The normalized spacial score (nSPS) is 18.4. The second kappa shape index (κ2) is 5.13. The van der Waals surface area contributed by atoms with E-state index in [1.807, 2.05) is 24.3 Å². The molecule has 0 bridgehead atoms. The van der Waals surface area contributed by atoms with Crippen LogP contribution in [-0.4, -0.2) is 22.1 Å². The van der Waals surface area contributed by atoms with E-state index in [0.29, 0.717) is 12.6 Å². The summed E-state index contributed by atoms with van der Waals surface area (Å²) in [5, 5.41) is 1.02. The molecule has 1 fully saturated rings. The van der Waals surface area contributed by atoms with E-state index in [-0.39, 0.29) is 5.54 Å². The van der Waals surface area contributed by atoms with Gasteiger partial charge in [-0.05, 0) is 18.9 Å². The van der Waals surface area contributed by atoms with Crippen LogP contribution in [0.25, 0.3) is 10.9 Å². The third-order valence-corrected chi connectivity index (χ3v) is 3.80. The van der Waals surface area contributed by atoms with Crippen LogP contribution in [0.15, 0.2) is 30.5 Å². The zero-order valence-corrected chi connectivity index (χ0v) is 11.0. The first-order valence-corrected chi connectivity index (χ1v) is 6.89. The van der Waals surface area contributed by atoms with Gasteiger partial charge >= 0.3 is 6.01 Å². The molecule has 4 heteroatoms. The number of hydrogen-bond acceptors (Lipinski definition) is 4. The quantitative estimate of drug-likeness (QED) is 0.918. The molecule has 4 nitrogen and oxygen atoms in total. The molecule has 0 aliphatic heterocycles. The fourth-order valence-corrected chi connectivity index (χ4v) is 2.63. The number of ether oxygens (including phenoxy) is 1. The van der Waals surface area contributed by atoms with E-state index < -0.39 is 0 Å². The first-order valence-electron chi connectivity index (χ1n) is 6.89. The van der Waals surface area contributed by atoms with Gasteiger partial charge in [0.15, 0.2) is 0 Å². The van der Waals surface area contributed by atoms with E-state index in [0.717, 1.165) is 23.7 Å². The molecule has 0 amide bonds. The maximum absolute atomic E-state index is 6.34. The largest absolute Gasteiger partial charge is 0.461 e. The maximum Gasteiger partial charge on any atom is 0.316 e. The molecule has 1 aromatic heterocycles. The molecule has 0 atom stereocenters. The van der Waals surface area contributed by atoms with Gasteiger partial charge in [-0.15, -0.1) is 0 Å². The fraction of sp³-hybridized carbons (Fsp3) is 0.467. The number of benzene rings is 1. The van der Waals surface area contributed by atoms with Crippen LogP contribution in [0.4, 0.5) is 0 Å². The lowest BCUT2D eigenvalue weighted by Crippen LogP contribution is -2.47. The van der Waals surface area contributed by atoms with Crippen molar-refractivity contribution in [1.82, 2.24) is 9.97 Å². The number of fused-ring (bicyclic) bond motifs is 1. The van der Waals surface area contributed by atoms with Crippen molar-refractivity contribution in [2.45, 2.75) is 37.6 Å². The summed E-state index contributed by atoms with van der Waals surface area (Å²) in [4.78, 5) is 8.64. The van der Waals surface area contributed by atoms with E-state index in [1.54, 1.807) is 6.20 Å². The second-order valence-electron chi connectivity index (χ2n) is 5.42. The van der Waals surface area contributed by atoms with Gasteiger partial charge < -0.3 is 10.5 Å². The molecule has 1 aliphatic rings. The minimum Gasteiger partial charge on any atom is -0.461 e. The van der Waals surface area contributed by atoms with Crippen molar-refractivity contribution >= 4 is 10.9 Å². The Balaban J connectivity index is 1.71. The van der Waals surface area contributed by atoms with Crippen LogP contribution in [0.2, 0.25) is 0 Å². The zero-order valence-electron chi connectivity index (χ0n) is 11.0. The molecule has 1 aromatic carbocycles. The van der Waals surface area contributed by atoms with Crippen molar-refractivity contribution in [3.05, 3.63) is 30.5 Å². The Labute approximate surface area is 113 Å². The van der Waals surface area contributed by atoms with Crippen LogP contribution < -0.4 is 10.5 Å². The van der Waals surface area contributed by atoms with E-state index in [1.165, 1.54) is 19.3 Å². The van der Waals surface area contributed by atoms with E-state index in [2.05, 4.69) is 9.97 Å². The summed E-state index contributed by atoms with van der Waals surface area (Å²) >= 11 is 0. The molecule has 19 heavy (non-hydrogen) atoms. The molecule has 2 N–H and O–H groups in total. The average molecular weight is 257 g/mol. The first kappa shape index (κ1) is 12.4. The lowest BCUT2D eigenvalue weighted by Gasteiger charge is -2.32. The van der Waals surface area contributed by atoms with E-state index in [9.17, 15) is 0 Å². The van der Waals surface area contributed by atoms with Crippen molar-refractivity contribution in [2.24, 2.45) is 5.73 Å². The van der Waals surface area contributed by atoms with Gasteiger partial charge in [0.2, 0.25) is 0 Å². The number of rotatable bonds is 3. The number of nitrogens with two attached hydrogens (primary N) is 1. The zero-order chi connectivity index (χ0) is 13.1. The highest BCUT2D eigenvalue weighted by molar-refractivity contribution is 5.77. The first-order chi connectivity index (χ1) is 9.25. The number of aromatic nitrogens is 2. The third-order valence-electron chi connectivity index (χ3n) is 3.80. The van der Waals surface area contributed by atoms with Gasteiger partial charge in [0.05, 0.1) is 11.1 Å². The highest BCUT2D eigenvalue weighted by Gasteiger charge is 2.28. The predicted molar refractivity (Wildman–Crippen MR) is 75.0 cm³/mol. The average Bonchev–Trinajstić information content (AvgIpc) is 2.46. The van der Waals surface area contributed by atoms with Gasteiger partial charge in [-0.2, -0.15) is 4.98 Å². The summed E-state index contributed by atoms with van der Waals surface area (Å²) in [7, 11) is 0. The molecule has 1 aliphatic carbocycles.